The SMILES string of the molecule is CCOC(=O)c1cnc2c(C)cc(-c3ccns3)nn12. The number of esters is 1. The average Bonchev–Trinajstić information content (AvgIpc) is 3.08. The van der Waals surface area contributed by atoms with Gasteiger partial charge in [0, 0.05) is 6.20 Å². The van der Waals surface area contributed by atoms with E-state index < -0.39 is 5.97 Å². The summed E-state index contributed by atoms with van der Waals surface area (Å²) < 4.78 is 10.6. The van der Waals surface area contributed by atoms with Crippen LogP contribution in [0.25, 0.3) is 16.2 Å². The Bertz CT molecular complexity index is 764. The summed E-state index contributed by atoms with van der Waals surface area (Å²) in [6.07, 6.45) is 3.21. The first-order chi connectivity index (χ1) is 9.70. The Balaban J connectivity index is 2.18. The molecule has 0 unspecified atom stereocenters. The van der Waals surface area contributed by atoms with Crippen molar-refractivity contribution in [2.45, 2.75) is 13.8 Å². The average molecular weight is 288 g/mol. The molecule has 6 nitrogen and oxygen atoms in total. The molecular formula is C13H12N4O2S. The molecule has 3 aromatic rings. The third kappa shape index (κ3) is 2.05. The second-order valence-corrected chi connectivity index (χ2v) is 5.02. The number of nitrogens with zero attached hydrogens (tertiary/aromatic N) is 4. The number of fused-ring (bicyclic) bond motifs is 1. The molecule has 102 valence electrons. The zero-order valence-electron chi connectivity index (χ0n) is 11.0. The number of hydrogen-bond donors (Lipinski definition) is 0. The monoisotopic (exact) mass is 288 g/mol. The fourth-order valence-electron chi connectivity index (χ4n) is 1.93. The van der Waals surface area contributed by atoms with E-state index in [1.54, 1.807) is 13.1 Å². The van der Waals surface area contributed by atoms with Gasteiger partial charge in [-0.05, 0) is 43.1 Å². The highest BCUT2D eigenvalue weighted by Gasteiger charge is 2.17. The van der Waals surface area contributed by atoms with Crippen molar-refractivity contribution in [3.63, 3.8) is 0 Å². The van der Waals surface area contributed by atoms with Crippen LogP contribution in [0.4, 0.5) is 0 Å². The van der Waals surface area contributed by atoms with Crippen LogP contribution in [-0.2, 0) is 4.74 Å². The van der Waals surface area contributed by atoms with Gasteiger partial charge in [-0.2, -0.15) is 5.10 Å². The van der Waals surface area contributed by atoms with Crippen LogP contribution in [0.1, 0.15) is 23.0 Å². The van der Waals surface area contributed by atoms with Crippen LogP contribution in [0.5, 0.6) is 0 Å². The van der Waals surface area contributed by atoms with Crippen molar-refractivity contribution in [3.05, 3.63) is 35.8 Å². The van der Waals surface area contributed by atoms with Gasteiger partial charge >= 0.3 is 5.97 Å². The molecule has 0 saturated carbocycles. The van der Waals surface area contributed by atoms with E-state index in [0.29, 0.717) is 17.9 Å². The van der Waals surface area contributed by atoms with Crippen LogP contribution in [0.15, 0.2) is 24.5 Å². The lowest BCUT2D eigenvalue weighted by atomic mass is 10.2. The van der Waals surface area contributed by atoms with Crippen molar-refractivity contribution in [2.24, 2.45) is 0 Å². The second-order valence-electron chi connectivity index (χ2n) is 4.19. The number of hydrogen-bond acceptors (Lipinski definition) is 6. The minimum Gasteiger partial charge on any atom is -0.461 e. The van der Waals surface area contributed by atoms with E-state index >= 15 is 0 Å². The highest BCUT2D eigenvalue weighted by atomic mass is 32.1. The van der Waals surface area contributed by atoms with E-state index in [-0.39, 0.29) is 0 Å². The Labute approximate surface area is 119 Å². The Hall–Kier alpha value is -2.28. The summed E-state index contributed by atoms with van der Waals surface area (Å²) in [4.78, 5) is 17.1. The fourth-order valence-corrected chi connectivity index (χ4v) is 2.48. The van der Waals surface area contributed by atoms with Crippen LogP contribution >= 0.6 is 11.5 Å². The quantitative estimate of drug-likeness (QED) is 0.692. The molecule has 0 atom stereocenters. The van der Waals surface area contributed by atoms with Gasteiger partial charge in [-0.1, -0.05) is 0 Å². The molecule has 3 aromatic heterocycles. The number of aryl methyl sites for hydroxylation is 1. The van der Waals surface area contributed by atoms with Gasteiger partial charge in [0.1, 0.15) is 5.69 Å². The van der Waals surface area contributed by atoms with Crippen LogP contribution in [0, 0.1) is 6.92 Å². The van der Waals surface area contributed by atoms with Crippen molar-refractivity contribution in [1.82, 2.24) is 19.0 Å². The second kappa shape index (κ2) is 5.01. The van der Waals surface area contributed by atoms with Crippen molar-refractivity contribution in [2.75, 3.05) is 6.61 Å². The Morgan fingerprint density at radius 2 is 2.35 bits per heavy atom. The number of aromatic nitrogens is 4. The molecule has 0 spiro atoms. The van der Waals surface area contributed by atoms with Gasteiger partial charge in [-0.15, -0.1) is 0 Å². The zero-order chi connectivity index (χ0) is 14.1. The van der Waals surface area contributed by atoms with Gasteiger partial charge in [0.05, 0.1) is 17.7 Å². The lowest BCUT2D eigenvalue weighted by Gasteiger charge is -2.04. The molecule has 0 aliphatic rings. The smallest absolute Gasteiger partial charge is 0.358 e. The van der Waals surface area contributed by atoms with E-state index in [9.17, 15) is 4.79 Å². The fraction of sp³-hybridized carbons (Fsp3) is 0.231. The van der Waals surface area contributed by atoms with E-state index in [1.165, 1.54) is 22.2 Å². The lowest BCUT2D eigenvalue weighted by Crippen LogP contribution is -2.10. The van der Waals surface area contributed by atoms with Gasteiger partial charge in [0.25, 0.3) is 0 Å². The molecule has 0 aliphatic carbocycles. The Morgan fingerprint density at radius 3 is 3.05 bits per heavy atom. The van der Waals surface area contributed by atoms with E-state index in [1.807, 2.05) is 19.1 Å². The van der Waals surface area contributed by atoms with E-state index in [2.05, 4.69) is 14.5 Å². The molecule has 20 heavy (non-hydrogen) atoms. The molecule has 0 bridgehead atoms. The number of rotatable bonds is 3. The summed E-state index contributed by atoms with van der Waals surface area (Å²) in [5, 5.41) is 4.47. The predicted molar refractivity (Wildman–Crippen MR) is 74.8 cm³/mol. The van der Waals surface area contributed by atoms with Gasteiger partial charge < -0.3 is 4.74 Å². The largest absolute Gasteiger partial charge is 0.461 e. The molecule has 7 heteroatoms. The molecule has 0 amide bonds. The molecule has 3 heterocycles. The van der Waals surface area contributed by atoms with Gasteiger partial charge in [0.2, 0.25) is 0 Å². The molecule has 3 rings (SSSR count). The highest BCUT2D eigenvalue weighted by Crippen LogP contribution is 2.23. The molecule has 0 aliphatic heterocycles. The van der Waals surface area contributed by atoms with Crippen molar-refractivity contribution in [3.8, 4) is 10.6 Å². The minimum atomic E-state index is -0.423. The van der Waals surface area contributed by atoms with Crippen LogP contribution in [-0.4, -0.2) is 31.5 Å². The van der Waals surface area contributed by atoms with Crippen molar-refractivity contribution in [1.29, 1.82) is 0 Å². The van der Waals surface area contributed by atoms with Gasteiger partial charge in [-0.3, -0.25) is 0 Å². The third-order valence-electron chi connectivity index (χ3n) is 2.83. The molecule has 0 saturated heterocycles. The van der Waals surface area contributed by atoms with E-state index in [0.717, 1.165) is 16.1 Å². The number of ether oxygens (including phenoxy) is 1. The lowest BCUT2D eigenvalue weighted by molar-refractivity contribution is 0.0517. The summed E-state index contributed by atoms with van der Waals surface area (Å²) in [6.45, 7) is 4.02. The first kappa shape index (κ1) is 12.7. The maximum Gasteiger partial charge on any atom is 0.358 e. The number of carbonyl (C=O) groups is 1. The topological polar surface area (TPSA) is 69.4 Å². The third-order valence-corrected chi connectivity index (χ3v) is 3.60. The van der Waals surface area contributed by atoms with Crippen LogP contribution in [0.3, 0.4) is 0 Å². The van der Waals surface area contributed by atoms with Crippen LogP contribution in [0.2, 0.25) is 0 Å². The van der Waals surface area contributed by atoms with Crippen molar-refractivity contribution < 1.29 is 9.53 Å². The van der Waals surface area contributed by atoms with Crippen LogP contribution < -0.4 is 0 Å². The molecular weight excluding hydrogens is 276 g/mol. The molecule has 0 aromatic carbocycles. The standard InChI is InChI=1S/C13H12N4O2S/c1-3-19-13(18)10-7-14-12-8(2)6-9(16-17(10)12)11-4-5-15-20-11/h4-7H,3H2,1-2H3. The summed E-state index contributed by atoms with van der Waals surface area (Å²) in [5.74, 6) is -0.423. The first-order valence-corrected chi connectivity index (χ1v) is 6.91. The molecule has 0 N–H and O–H groups in total. The summed E-state index contributed by atoms with van der Waals surface area (Å²) in [6, 6.07) is 3.82. The number of imidazole rings is 1. The van der Waals surface area contributed by atoms with E-state index in [4.69, 9.17) is 4.74 Å². The maximum atomic E-state index is 11.9. The van der Waals surface area contributed by atoms with Gasteiger partial charge in [-0.25, -0.2) is 18.7 Å². The molecule has 0 radical (unpaired) electrons. The molecule has 0 fully saturated rings. The Morgan fingerprint density at radius 1 is 1.50 bits per heavy atom. The highest BCUT2D eigenvalue weighted by molar-refractivity contribution is 7.09. The Kier molecular flexibility index (Phi) is 3.19. The van der Waals surface area contributed by atoms with Crippen molar-refractivity contribution >= 4 is 23.1 Å². The summed E-state index contributed by atoms with van der Waals surface area (Å²) >= 11 is 1.36. The normalized spacial score (nSPS) is 10.9. The summed E-state index contributed by atoms with van der Waals surface area (Å²) in [7, 11) is 0. The minimum absolute atomic E-state index is 0.319. The van der Waals surface area contributed by atoms with Gasteiger partial charge in [0.15, 0.2) is 11.3 Å². The first-order valence-electron chi connectivity index (χ1n) is 6.14. The number of carbonyl (C=O) groups excluding carboxylic acids is 1. The summed E-state index contributed by atoms with van der Waals surface area (Å²) in [5.41, 5.74) is 2.69. The zero-order valence-corrected chi connectivity index (χ0v) is 11.8. The maximum absolute atomic E-state index is 11.9. The predicted octanol–water partition coefficient (Wildman–Crippen LogP) is 2.34.